The highest BCUT2D eigenvalue weighted by Gasteiger charge is 2.26. The van der Waals surface area contributed by atoms with Gasteiger partial charge in [-0.15, -0.1) is 0 Å². The fourth-order valence-electron chi connectivity index (χ4n) is 4.54. The summed E-state index contributed by atoms with van der Waals surface area (Å²) >= 11 is 0. The molecule has 8 nitrogen and oxygen atoms in total. The maximum Gasteiger partial charge on any atom is 0.321 e. The Morgan fingerprint density at radius 2 is 1.70 bits per heavy atom. The second kappa shape index (κ2) is 11.1. The van der Waals surface area contributed by atoms with Gasteiger partial charge in [-0.25, -0.2) is 9.79 Å². The van der Waals surface area contributed by atoms with Gasteiger partial charge in [-0.05, 0) is 43.5 Å². The second-order valence-electron chi connectivity index (χ2n) is 9.17. The summed E-state index contributed by atoms with van der Waals surface area (Å²) in [5.74, 6) is 0.415. The number of aliphatic imine (C=N–C) groups is 2. The number of rotatable bonds is 5. The van der Waals surface area contributed by atoms with E-state index in [9.17, 15) is 9.59 Å². The minimum Gasteiger partial charge on any atom is -0.361 e. The van der Waals surface area contributed by atoms with Crippen LogP contribution in [0.2, 0.25) is 0 Å². The average Bonchev–Trinajstić information content (AvgIpc) is 3.40. The number of nitrogens with one attached hydrogen (secondary N) is 3. The van der Waals surface area contributed by atoms with Crippen molar-refractivity contribution in [3.63, 3.8) is 0 Å². The molecular weight excluding hydrogens is 464 g/mol. The minimum absolute atomic E-state index is 0.00737. The van der Waals surface area contributed by atoms with Gasteiger partial charge >= 0.3 is 6.03 Å². The summed E-state index contributed by atoms with van der Waals surface area (Å²) in [5, 5.41) is 9.02. The number of hydrogen-bond acceptors (Lipinski definition) is 5. The number of benzene rings is 3. The van der Waals surface area contributed by atoms with Crippen molar-refractivity contribution in [2.45, 2.75) is 25.9 Å². The van der Waals surface area contributed by atoms with Crippen LogP contribution in [0.5, 0.6) is 0 Å². The molecule has 5 rings (SSSR count). The number of para-hydroxylation sites is 1. The smallest absolute Gasteiger partial charge is 0.321 e. The fraction of sp³-hybridized carbons (Fsp3) is 0.241. The van der Waals surface area contributed by atoms with E-state index in [1.807, 2.05) is 90.7 Å². The van der Waals surface area contributed by atoms with Crippen LogP contribution < -0.4 is 16.0 Å². The van der Waals surface area contributed by atoms with E-state index in [-0.39, 0.29) is 12.5 Å². The number of carbonyl (C=O) groups is 2. The van der Waals surface area contributed by atoms with Crippen LogP contribution in [0, 0.1) is 6.92 Å². The summed E-state index contributed by atoms with van der Waals surface area (Å²) < 4.78 is 0. The van der Waals surface area contributed by atoms with Gasteiger partial charge in [0.15, 0.2) is 6.17 Å². The van der Waals surface area contributed by atoms with Crippen molar-refractivity contribution >= 4 is 34.9 Å². The number of fused-ring (bicyclic) bond motifs is 1. The minimum atomic E-state index is -0.834. The molecule has 0 radical (unpaired) electrons. The largest absolute Gasteiger partial charge is 0.361 e. The maximum absolute atomic E-state index is 13.1. The molecule has 3 aromatic carbocycles. The van der Waals surface area contributed by atoms with E-state index in [0.717, 1.165) is 42.6 Å². The molecular formula is C29H30N6O2. The number of amides is 3. The SMILES string of the molecule is Cc1cccc(NC(=O)NC2N=C(c3ccccc3)c3ccccc3N=C2NCC(=O)N2CCCC2)c1. The van der Waals surface area contributed by atoms with Crippen LogP contribution in [-0.2, 0) is 4.79 Å². The first-order valence-electron chi connectivity index (χ1n) is 12.5. The first-order valence-corrected chi connectivity index (χ1v) is 12.5. The molecule has 3 N–H and O–H groups in total. The first-order chi connectivity index (χ1) is 18.1. The molecule has 8 heteroatoms. The topological polar surface area (TPSA) is 98.2 Å². The summed E-state index contributed by atoms with van der Waals surface area (Å²) in [5.41, 5.74) is 4.90. The third kappa shape index (κ3) is 5.86. The lowest BCUT2D eigenvalue weighted by atomic mass is 10.0. The Hall–Kier alpha value is -4.46. The Bertz CT molecular complexity index is 1350. The molecule has 188 valence electrons. The molecule has 0 aromatic heterocycles. The average molecular weight is 495 g/mol. The van der Waals surface area contributed by atoms with E-state index < -0.39 is 12.2 Å². The highest BCUT2D eigenvalue weighted by atomic mass is 16.2. The van der Waals surface area contributed by atoms with Crippen molar-refractivity contribution in [1.29, 1.82) is 0 Å². The third-order valence-electron chi connectivity index (χ3n) is 6.39. The van der Waals surface area contributed by atoms with Crippen molar-refractivity contribution < 1.29 is 9.59 Å². The van der Waals surface area contributed by atoms with E-state index in [4.69, 9.17) is 9.98 Å². The molecule has 1 fully saturated rings. The summed E-state index contributed by atoms with van der Waals surface area (Å²) in [6, 6.07) is 24.7. The van der Waals surface area contributed by atoms with Crippen molar-refractivity contribution in [2.75, 3.05) is 25.0 Å². The Balaban J connectivity index is 1.47. The fourth-order valence-corrected chi connectivity index (χ4v) is 4.54. The van der Waals surface area contributed by atoms with Gasteiger partial charge in [0, 0.05) is 29.9 Å². The normalized spacial score (nSPS) is 16.7. The number of nitrogens with zero attached hydrogens (tertiary/aromatic N) is 3. The molecule has 2 aliphatic heterocycles. The van der Waals surface area contributed by atoms with E-state index in [2.05, 4.69) is 16.0 Å². The zero-order valence-corrected chi connectivity index (χ0v) is 20.8. The number of likely N-dealkylation sites (tertiary alicyclic amines) is 1. The molecule has 0 saturated carbocycles. The van der Waals surface area contributed by atoms with E-state index >= 15 is 0 Å². The molecule has 0 aliphatic carbocycles. The van der Waals surface area contributed by atoms with Crippen molar-refractivity contribution in [2.24, 2.45) is 9.98 Å². The van der Waals surface area contributed by atoms with Crippen molar-refractivity contribution in [1.82, 2.24) is 15.5 Å². The van der Waals surface area contributed by atoms with Crippen LogP contribution in [0.4, 0.5) is 16.2 Å². The van der Waals surface area contributed by atoms with Gasteiger partial charge < -0.3 is 20.9 Å². The van der Waals surface area contributed by atoms with E-state index in [1.54, 1.807) is 0 Å². The van der Waals surface area contributed by atoms with Crippen molar-refractivity contribution in [3.8, 4) is 0 Å². The van der Waals surface area contributed by atoms with Crippen molar-refractivity contribution in [3.05, 3.63) is 95.6 Å². The molecule has 3 amide bonds. The van der Waals surface area contributed by atoms with Crippen LogP contribution in [0.1, 0.15) is 29.5 Å². The lowest BCUT2D eigenvalue weighted by Gasteiger charge is -2.21. The van der Waals surface area contributed by atoms with Gasteiger partial charge in [-0.1, -0.05) is 60.7 Å². The van der Waals surface area contributed by atoms with Gasteiger partial charge in [-0.2, -0.15) is 0 Å². The second-order valence-corrected chi connectivity index (χ2v) is 9.17. The highest BCUT2D eigenvalue weighted by Crippen LogP contribution is 2.26. The highest BCUT2D eigenvalue weighted by molar-refractivity contribution is 6.18. The number of amidine groups is 1. The molecule has 2 heterocycles. The summed E-state index contributed by atoms with van der Waals surface area (Å²) in [6.45, 7) is 3.59. The quantitative estimate of drug-likeness (QED) is 0.495. The van der Waals surface area contributed by atoms with E-state index in [1.165, 1.54) is 0 Å². The standard InChI is InChI=1S/C29H30N6O2/c1-20-10-9-13-22(18-20)31-29(37)34-28-27(30-19-25(36)35-16-7-8-17-35)32-24-15-6-5-14-23(24)26(33-28)21-11-3-2-4-12-21/h2-6,9-15,18,28H,7-8,16-17,19H2,1H3,(H,30,32)(H2,31,34,37). The number of aryl methyl sites for hydroxylation is 1. The molecule has 0 spiro atoms. The predicted octanol–water partition coefficient (Wildman–Crippen LogP) is 4.24. The Kier molecular flexibility index (Phi) is 7.26. The number of urea groups is 1. The number of hydrogen-bond donors (Lipinski definition) is 3. The zero-order valence-electron chi connectivity index (χ0n) is 20.8. The van der Waals surface area contributed by atoms with Gasteiger partial charge in [0.1, 0.15) is 5.84 Å². The molecule has 1 atom stereocenters. The molecule has 37 heavy (non-hydrogen) atoms. The predicted molar refractivity (Wildman–Crippen MR) is 147 cm³/mol. The lowest BCUT2D eigenvalue weighted by Crippen LogP contribution is -2.49. The van der Waals surface area contributed by atoms with Crippen LogP contribution in [-0.4, -0.2) is 54.2 Å². The number of carbonyl (C=O) groups excluding carboxylic acids is 2. The van der Waals surface area contributed by atoms with Gasteiger partial charge in [0.25, 0.3) is 0 Å². The van der Waals surface area contributed by atoms with Gasteiger partial charge in [0.2, 0.25) is 5.91 Å². The summed E-state index contributed by atoms with van der Waals surface area (Å²) in [7, 11) is 0. The lowest BCUT2D eigenvalue weighted by molar-refractivity contribution is -0.128. The molecule has 1 saturated heterocycles. The number of anilines is 1. The molecule has 0 bridgehead atoms. The first kappa shape index (κ1) is 24.2. The maximum atomic E-state index is 13.1. The Labute approximate surface area is 216 Å². The summed E-state index contributed by atoms with van der Waals surface area (Å²) in [6.07, 6.45) is 1.21. The Morgan fingerprint density at radius 1 is 0.946 bits per heavy atom. The molecule has 1 unspecified atom stereocenters. The molecule has 2 aliphatic rings. The van der Waals surface area contributed by atoms with Crippen LogP contribution >= 0.6 is 0 Å². The van der Waals surface area contributed by atoms with Crippen LogP contribution in [0.3, 0.4) is 0 Å². The van der Waals surface area contributed by atoms with Gasteiger partial charge in [-0.3, -0.25) is 9.79 Å². The molecule has 3 aromatic rings. The summed E-state index contributed by atoms with van der Waals surface area (Å²) in [4.78, 5) is 37.5. The van der Waals surface area contributed by atoms with Gasteiger partial charge in [0.05, 0.1) is 17.9 Å². The monoisotopic (exact) mass is 494 g/mol. The van der Waals surface area contributed by atoms with E-state index in [0.29, 0.717) is 22.9 Å². The zero-order chi connectivity index (χ0) is 25.6. The van der Waals surface area contributed by atoms with Crippen LogP contribution in [0.15, 0.2) is 88.8 Å². The Morgan fingerprint density at radius 3 is 2.49 bits per heavy atom. The third-order valence-corrected chi connectivity index (χ3v) is 6.39. The van der Waals surface area contributed by atoms with Crippen LogP contribution in [0.25, 0.3) is 0 Å².